The van der Waals surface area contributed by atoms with Gasteiger partial charge in [0.15, 0.2) is 0 Å². The first kappa shape index (κ1) is 16.5. The Morgan fingerprint density at radius 2 is 1.78 bits per heavy atom. The van der Waals surface area contributed by atoms with Gasteiger partial charge in [-0.2, -0.15) is 4.31 Å². The zero-order valence-electron chi connectivity index (χ0n) is 12.9. The molecular formula is C17H20N2O2S2. The first-order chi connectivity index (χ1) is 11.2. The number of sulfonamides is 1. The zero-order valence-corrected chi connectivity index (χ0v) is 14.5. The van der Waals surface area contributed by atoms with Crippen molar-refractivity contribution >= 4 is 21.8 Å². The fourth-order valence-electron chi connectivity index (χ4n) is 2.60. The van der Waals surface area contributed by atoms with Crippen LogP contribution in [0.1, 0.15) is 18.4 Å². The Morgan fingerprint density at radius 1 is 1.04 bits per heavy atom. The Hall–Kier alpha value is -1.37. The Labute approximate surface area is 142 Å². The van der Waals surface area contributed by atoms with Crippen LogP contribution in [0.15, 0.2) is 58.6 Å². The molecule has 1 aliphatic heterocycles. The van der Waals surface area contributed by atoms with Crippen molar-refractivity contribution in [2.45, 2.75) is 29.2 Å². The van der Waals surface area contributed by atoms with Gasteiger partial charge in [0.1, 0.15) is 4.90 Å². The summed E-state index contributed by atoms with van der Waals surface area (Å²) >= 11 is 1.65. The molecule has 0 amide bonds. The summed E-state index contributed by atoms with van der Waals surface area (Å²) in [6.45, 7) is 1.24. The van der Waals surface area contributed by atoms with Crippen LogP contribution >= 0.6 is 11.8 Å². The molecule has 23 heavy (non-hydrogen) atoms. The van der Waals surface area contributed by atoms with Crippen molar-refractivity contribution in [3.8, 4) is 0 Å². The monoisotopic (exact) mass is 348 g/mol. The molecule has 0 unspecified atom stereocenters. The van der Waals surface area contributed by atoms with E-state index >= 15 is 0 Å². The number of pyridine rings is 1. The molecule has 2 heterocycles. The normalized spacial score (nSPS) is 15.8. The van der Waals surface area contributed by atoms with Crippen LogP contribution in [0, 0.1) is 0 Å². The smallest absolute Gasteiger partial charge is 0.244 e. The van der Waals surface area contributed by atoms with Crippen LogP contribution in [0.25, 0.3) is 0 Å². The van der Waals surface area contributed by atoms with Gasteiger partial charge in [-0.25, -0.2) is 13.4 Å². The molecule has 0 bridgehead atoms. The van der Waals surface area contributed by atoms with Crippen LogP contribution in [-0.4, -0.2) is 36.5 Å². The summed E-state index contributed by atoms with van der Waals surface area (Å²) in [5.41, 5.74) is 1.30. The van der Waals surface area contributed by atoms with E-state index in [9.17, 15) is 8.42 Å². The number of thioether (sulfide) groups is 1. The fraction of sp³-hybridized carbons (Fsp3) is 0.353. The lowest BCUT2D eigenvalue weighted by atomic mass is 10.2. The predicted molar refractivity (Wildman–Crippen MR) is 93.1 cm³/mol. The van der Waals surface area contributed by atoms with Crippen LogP contribution in [0.5, 0.6) is 0 Å². The summed E-state index contributed by atoms with van der Waals surface area (Å²) < 4.78 is 26.4. The summed E-state index contributed by atoms with van der Waals surface area (Å²) in [6, 6.07) is 13.8. The van der Waals surface area contributed by atoms with Gasteiger partial charge < -0.3 is 0 Å². The molecule has 2 aromatic rings. The predicted octanol–water partition coefficient (Wildman–Crippen LogP) is 3.20. The summed E-state index contributed by atoms with van der Waals surface area (Å²) in [4.78, 5) is 4.60. The van der Waals surface area contributed by atoms with Gasteiger partial charge in [0.05, 0.1) is 5.03 Å². The Balaban J connectivity index is 1.59. The molecule has 0 atom stereocenters. The highest BCUT2D eigenvalue weighted by molar-refractivity contribution is 7.99. The number of benzene rings is 1. The van der Waals surface area contributed by atoms with Gasteiger partial charge in [-0.05, 0) is 37.0 Å². The van der Waals surface area contributed by atoms with E-state index in [1.165, 1.54) is 11.8 Å². The molecule has 1 saturated heterocycles. The molecule has 0 N–H and O–H groups in total. The van der Waals surface area contributed by atoms with Gasteiger partial charge in [-0.1, -0.05) is 30.3 Å². The van der Waals surface area contributed by atoms with E-state index in [0.29, 0.717) is 18.0 Å². The summed E-state index contributed by atoms with van der Waals surface area (Å²) in [7, 11) is -3.36. The average Bonchev–Trinajstić information content (AvgIpc) is 3.12. The molecule has 122 valence electrons. The SMILES string of the molecule is O=S(=O)(c1ccc(SCCc2ccccc2)nc1)N1CCCC1. The number of hydrogen-bond donors (Lipinski definition) is 0. The van der Waals surface area contributed by atoms with Crippen molar-refractivity contribution in [1.29, 1.82) is 0 Å². The van der Waals surface area contributed by atoms with Gasteiger partial charge in [0.25, 0.3) is 0 Å². The Morgan fingerprint density at radius 3 is 2.43 bits per heavy atom. The van der Waals surface area contributed by atoms with E-state index in [1.54, 1.807) is 28.2 Å². The third-order valence-electron chi connectivity index (χ3n) is 3.90. The molecule has 1 aromatic heterocycles. The molecule has 6 heteroatoms. The lowest BCUT2D eigenvalue weighted by Crippen LogP contribution is -2.27. The van der Waals surface area contributed by atoms with Gasteiger partial charge in [0, 0.05) is 25.0 Å². The number of nitrogens with zero attached hydrogens (tertiary/aromatic N) is 2. The zero-order chi connectivity index (χ0) is 16.1. The average molecular weight is 348 g/mol. The van der Waals surface area contributed by atoms with E-state index in [2.05, 4.69) is 17.1 Å². The van der Waals surface area contributed by atoms with E-state index in [0.717, 1.165) is 30.0 Å². The summed E-state index contributed by atoms with van der Waals surface area (Å²) in [6.07, 6.45) is 4.35. The van der Waals surface area contributed by atoms with Crippen molar-refractivity contribution < 1.29 is 8.42 Å². The van der Waals surface area contributed by atoms with Gasteiger partial charge in [-0.15, -0.1) is 11.8 Å². The second kappa shape index (κ2) is 7.47. The summed E-state index contributed by atoms with van der Waals surface area (Å²) in [5.74, 6) is 0.926. The minimum Gasteiger partial charge on any atom is -0.249 e. The lowest BCUT2D eigenvalue weighted by Gasteiger charge is -2.15. The topological polar surface area (TPSA) is 50.3 Å². The molecule has 1 fully saturated rings. The van der Waals surface area contributed by atoms with Crippen LogP contribution in [0.3, 0.4) is 0 Å². The van der Waals surface area contributed by atoms with Gasteiger partial charge in [-0.3, -0.25) is 0 Å². The largest absolute Gasteiger partial charge is 0.249 e. The van der Waals surface area contributed by atoms with Crippen molar-refractivity contribution in [2.24, 2.45) is 0 Å². The van der Waals surface area contributed by atoms with E-state index in [4.69, 9.17) is 0 Å². The first-order valence-electron chi connectivity index (χ1n) is 7.79. The minimum absolute atomic E-state index is 0.298. The summed E-state index contributed by atoms with van der Waals surface area (Å²) in [5, 5.41) is 0.862. The van der Waals surface area contributed by atoms with Crippen LogP contribution in [0.4, 0.5) is 0 Å². The quantitative estimate of drug-likeness (QED) is 0.752. The molecule has 1 aromatic carbocycles. The maximum absolute atomic E-state index is 12.4. The maximum Gasteiger partial charge on any atom is 0.244 e. The molecule has 3 rings (SSSR count). The molecule has 0 spiro atoms. The maximum atomic E-state index is 12.4. The minimum atomic E-state index is -3.36. The van der Waals surface area contributed by atoms with Crippen molar-refractivity contribution in [1.82, 2.24) is 9.29 Å². The van der Waals surface area contributed by atoms with Crippen molar-refractivity contribution in [2.75, 3.05) is 18.8 Å². The Kier molecular flexibility index (Phi) is 5.35. The highest BCUT2D eigenvalue weighted by atomic mass is 32.2. The second-order valence-electron chi connectivity index (χ2n) is 5.53. The second-order valence-corrected chi connectivity index (χ2v) is 8.58. The lowest BCUT2D eigenvalue weighted by molar-refractivity contribution is 0.477. The van der Waals surface area contributed by atoms with Crippen LogP contribution in [-0.2, 0) is 16.4 Å². The standard InChI is InChI=1S/C17H20N2O2S2/c20-23(21,19-11-4-5-12-19)16-8-9-17(18-14-16)22-13-10-15-6-2-1-3-7-15/h1-3,6-9,14H,4-5,10-13H2. The number of aromatic nitrogens is 1. The van der Waals surface area contributed by atoms with Gasteiger partial charge >= 0.3 is 0 Å². The van der Waals surface area contributed by atoms with Crippen LogP contribution < -0.4 is 0 Å². The first-order valence-corrected chi connectivity index (χ1v) is 10.2. The molecule has 0 radical (unpaired) electrons. The van der Waals surface area contributed by atoms with Gasteiger partial charge in [0.2, 0.25) is 10.0 Å². The third-order valence-corrected chi connectivity index (χ3v) is 6.72. The highest BCUT2D eigenvalue weighted by Crippen LogP contribution is 2.23. The highest BCUT2D eigenvalue weighted by Gasteiger charge is 2.27. The third kappa shape index (κ3) is 4.13. The van der Waals surface area contributed by atoms with Crippen molar-refractivity contribution in [3.05, 3.63) is 54.2 Å². The Bertz CT molecular complexity index is 725. The molecule has 0 aliphatic carbocycles. The molecule has 1 aliphatic rings. The van der Waals surface area contributed by atoms with E-state index in [-0.39, 0.29) is 0 Å². The number of hydrogen-bond acceptors (Lipinski definition) is 4. The number of aryl methyl sites for hydroxylation is 1. The van der Waals surface area contributed by atoms with E-state index < -0.39 is 10.0 Å². The molecule has 0 saturated carbocycles. The molecule has 4 nitrogen and oxygen atoms in total. The van der Waals surface area contributed by atoms with Crippen LogP contribution in [0.2, 0.25) is 0 Å². The molecular weight excluding hydrogens is 328 g/mol. The number of rotatable bonds is 6. The van der Waals surface area contributed by atoms with E-state index in [1.807, 2.05) is 18.2 Å². The fourth-order valence-corrected chi connectivity index (χ4v) is 4.90. The van der Waals surface area contributed by atoms with Crippen molar-refractivity contribution in [3.63, 3.8) is 0 Å².